The van der Waals surface area contributed by atoms with E-state index in [1.807, 2.05) is 0 Å². The van der Waals surface area contributed by atoms with Crippen LogP contribution in [0.1, 0.15) is 79.6 Å². The highest BCUT2D eigenvalue weighted by Crippen LogP contribution is 2.30. The van der Waals surface area contributed by atoms with Gasteiger partial charge in [-0.3, -0.25) is 0 Å². The molecule has 1 saturated carbocycles. The molecule has 2 atom stereocenters. The molecular formula is C17H34N2. The maximum Gasteiger partial charge on any atom is 0.0144 e. The monoisotopic (exact) mass is 266 g/mol. The molecule has 2 N–H and O–H groups in total. The van der Waals surface area contributed by atoms with Gasteiger partial charge in [-0.15, -0.1) is 0 Å². The summed E-state index contributed by atoms with van der Waals surface area (Å²) in [6, 6.07) is 1.45. The second-order valence-corrected chi connectivity index (χ2v) is 8.47. The summed E-state index contributed by atoms with van der Waals surface area (Å²) in [6.45, 7) is 11.8. The fourth-order valence-electron chi connectivity index (χ4n) is 4.43. The number of rotatable bonds is 2. The SMILES string of the molecule is CC1CCCC(NC2CC(C)(C)NC(C)(C)C2)CC1. The third-order valence-electron chi connectivity index (χ3n) is 4.92. The maximum absolute atomic E-state index is 3.99. The van der Waals surface area contributed by atoms with E-state index >= 15 is 0 Å². The third-order valence-corrected chi connectivity index (χ3v) is 4.92. The first-order valence-electron chi connectivity index (χ1n) is 8.31. The summed E-state index contributed by atoms with van der Waals surface area (Å²) in [6.07, 6.45) is 9.53. The van der Waals surface area contributed by atoms with E-state index in [4.69, 9.17) is 0 Å². The molecule has 2 rings (SSSR count). The molecule has 2 heteroatoms. The third kappa shape index (κ3) is 4.75. The molecule has 0 bridgehead atoms. The molecule has 0 aromatic rings. The molecule has 1 aliphatic carbocycles. The molecule has 19 heavy (non-hydrogen) atoms. The van der Waals surface area contributed by atoms with E-state index in [9.17, 15) is 0 Å². The van der Waals surface area contributed by atoms with Crippen LogP contribution < -0.4 is 10.6 Å². The molecule has 2 aliphatic rings. The minimum atomic E-state index is 0.261. The van der Waals surface area contributed by atoms with Gasteiger partial charge in [0.15, 0.2) is 0 Å². The topological polar surface area (TPSA) is 24.1 Å². The Morgan fingerprint density at radius 1 is 0.842 bits per heavy atom. The van der Waals surface area contributed by atoms with Gasteiger partial charge in [0.1, 0.15) is 0 Å². The van der Waals surface area contributed by atoms with E-state index in [-0.39, 0.29) is 11.1 Å². The molecular weight excluding hydrogens is 232 g/mol. The zero-order valence-electron chi connectivity index (χ0n) is 13.7. The average Bonchev–Trinajstić information content (AvgIpc) is 2.39. The van der Waals surface area contributed by atoms with E-state index in [1.165, 1.54) is 44.9 Å². The molecule has 1 heterocycles. The zero-order valence-corrected chi connectivity index (χ0v) is 13.7. The summed E-state index contributed by atoms with van der Waals surface area (Å²) >= 11 is 0. The second-order valence-electron chi connectivity index (χ2n) is 8.47. The number of nitrogens with one attached hydrogen (secondary N) is 2. The highest BCUT2D eigenvalue weighted by atomic mass is 15.1. The molecule has 1 saturated heterocycles. The first kappa shape index (κ1) is 15.3. The van der Waals surface area contributed by atoms with Crippen molar-refractivity contribution in [1.29, 1.82) is 0 Å². The van der Waals surface area contributed by atoms with E-state index < -0.39 is 0 Å². The quantitative estimate of drug-likeness (QED) is 0.742. The van der Waals surface area contributed by atoms with Crippen molar-refractivity contribution in [2.45, 2.75) is 103 Å². The Balaban J connectivity index is 1.91. The number of piperidine rings is 1. The summed E-state index contributed by atoms with van der Waals surface area (Å²) in [4.78, 5) is 0. The molecule has 2 nitrogen and oxygen atoms in total. The van der Waals surface area contributed by atoms with Crippen LogP contribution in [0.3, 0.4) is 0 Å². The van der Waals surface area contributed by atoms with Crippen molar-refractivity contribution in [3.63, 3.8) is 0 Å². The minimum Gasteiger partial charge on any atom is -0.311 e. The maximum atomic E-state index is 3.99. The lowest BCUT2D eigenvalue weighted by atomic mass is 9.79. The Morgan fingerprint density at radius 2 is 1.47 bits per heavy atom. The Labute approximate surface area is 120 Å². The molecule has 0 spiro atoms. The molecule has 1 aliphatic heterocycles. The van der Waals surface area contributed by atoms with Gasteiger partial charge in [-0.1, -0.05) is 19.8 Å². The van der Waals surface area contributed by atoms with Gasteiger partial charge in [0.05, 0.1) is 0 Å². The first-order chi connectivity index (χ1) is 8.76. The van der Waals surface area contributed by atoms with Crippen LogP contribution in [0, 0.1) is 5.92 Å². The lowest BCUT2D eigenvalue weighted by molar-refractivity contribution is 0.137. The highest BCUT2D eigenvalue weighted by molar-refractivity contribution is 5.00. The standard InChI is InChI=1S/C17H34N2/c1-13-7-6-8-14(10-9-13)18-15-11-16(2,3)19-17(4,5)12-15/h13-15,18-19H,6-12H2,1-5H3. The van der Waals surface area contributed by atoms with Crippen LogP contribution >= 0.6 is 0 Å². The Bertz CT molecular complexity index is 280. The van der Waals surface area contributed by atoms with Crippen LogP contribution in [-0.4, -0.2) is 23.2 Å². The van der Waals surface area contributed by atoms with Gasteiger partial charge in [-0.25, -0.2) is 0 Å². The van der Waals surface area contributed by atoms with Crippen LogP contribution in [0.4, 0.5) is 0 Å². The smallest absolute Gasteiger partial charge is 0.0144 e. The second kappa shape index (κ2) is 5.73. The van der Waals surface area contributed by atoms with E-state index in [0.29, 0.717) is 6.04 Å². The summed E-state index contributed by atoms with van der Waals surface area (Å²) in [7, 11) is 0. The Hall–Kier alpha value is -0.0800. The van der Waals surface area contributed by atoms with Crippen molar-refractivity contribution >= 4 is 0 Å². The van der Waals surface area contributed by atoms with Crippen LogP contribution in [0.2, 0.25) is 0 Å². The fourth-order valence-corrected chi connectivity index (χ4v) is 4.43. The van der Waals surface area contributed by atoms with Crippen molar-refractivity contribution < 1.29 is 0 Å². The van der Waals surface area contributed by atoms with Crippen molar-refractivity contribution in [1.82, 2.24) is 10.6 Å². The van der Waals surface area contributed by atoms with Gasteiger partial charge in [0.25, 0.3) is 0 Å². The largest absolute Gasteiger partial charge is 0.311 e. The summed E-state index contributed by atoms with van der Waals surface area (Å²) in [5, 5.41) is 7.77. The van der Waals surface area contributed by atoms with E-state index in [1.54, 1.807) is 0 Å². The average molecular weight is 266 g/mol. The molecule has 0 radical (unpaired) electrons. The lowest BCUT2D eigenvalue weighted by Gasteiger charge is -2.47. The number of hydrogen-bond donors (Lipinski definition) is 2. The normalized spacial score (nSPS) is 35.8. The molecule has 0 aromatic carbocycles. The Morgan fingerprint density at radius 3 is 2.11 bits per heavy atom. The van der Waals surface area contributed by atoms with Crippen molar-refractivity contribution in [2.75, 3.05) is 0 Å². The fraction of sp³-hybridized carbons (Fsp3) is 1.00. The van der Waals surface area contributed by atoms with E-state index in [2.05, 4.69) is 45.3 Å². The highest BCUT2D eigenvalue weighted by Gasteiger charge is 2.38. The molecule has 0 aromatic heterocycles. The summed E-state index contributed by atoms with van der Waals surface area (Å²) in [5.41, 5.74) is 0.523. The molecule has 0 amide bonds. The predicted octanol–water partition coefficient (Wildman–Crippen LogP) is 3.85. The molecule has 112 valence electrons. The van der Waals surface area contributed by atoms with Crippen LogP contribution in [-0.2, 0) is 0 Å². The van der Waals surface area contributed by atoms with E-state index in [0.717, 1.165) is 12.0 Å². The van der Waals surface area contributed by atoms with Gasteiger partial charge in [0, 0.05) is 23.2 Å². The summed E-state index contributed by atoms with van der Waals surface area (Å²) < 4.78 is 0. The minimum absolute atomic E-state index is 0.261. The molecule has 2 unspecified atom stereocenters. The zero-order chi connectivity index (χ0) is 14.1. The van der Waals surface area contributed by atoms with Crippen molar-refractivity contribution in [3.05, 3.63) is 0 Å². The number of hydrogen-bond acceptors (Lipinski definition) is 2. The Kier molecular flexibility index (Phi) is 4.62. The lowest BCUT2D eigenvalue weighted by Crippen LogP contribution is -2.62. The van der Waals surface area contributed by atoms with Crippen LogP contribution in [0.15, 0.2) is 0 Å². The van der Waals surface area contributed by atoms with Gasteiger partial charge < -0.3 is 10.6 Å². The van der Waals surface area contributed by atoms with Crippen LogP contribution in [0.25, 0.3) is 0 Å². The van der Waals surface area contributed by atoms with Gasteiger partial charge in [-0.2, -0.15) is 0 Å². The summed E-state index contributed by atoms with van der Waals surface area (Å²) in [5.74, 6) is 0.938. The predicted molar refractivity (Wildman–Crippen MR) is 83.5 cm³/mol. The first-order valence-corrected chi connectivity index (χ1v) is 8.31. The van der Waals surface area contributed by atoms with Gasteiger partial charge in [-0.05, 0) is 65.7 Å². The van der Waals surface area contributed by atoms with Gasteiger partial charge >= 0.3 is 0 Å². The van der Waals surface area contributed by atoms with Crippen molar-refractivity contribution in [2.24, 2.45) is 5.92 Å². The molecule has 2 fully saturated rings. The van der Waals surface area contributed by atoms with Crippen LogP contribution in [0.5, 0.6) is 0 Å². The van der Waals surface area contributed by atoms with Crippen molar-refractivity contribution in [3.8, 4) is 0 Å². The van der Waals surface area contributed by atoms with Gasteiger partial charge in [0.2, 0.25) is 0 Å².